The molecule has 2 aliphatic rings. The van der Waals surface area contributed by atoms with Crippen molar-refractivity contribution in [2.24, 2.45) is 0 Å². The second-order valence-corrected chi connectivity index (χ2v) is 8.53. The van der Waals surface area contributed by atoms with Crippen LogP contribution in [-0.2, 0) is 6.42 Å². The third kappa shape index (κ3) is 3.59. The van der Waals surface area contributed by atoms with Crippen LogP contribution in [0.3, 0.4) is 0 Å². The van der Waals surface area contributed by atoms with E-state index >= 15 is 0 Å². The molecule has 9 heteroatoms. The van der Waals surface area contributed by atoms with Crippen molar-refractivity contribution in [3.8, 4) is 0 Å². The van der Waals surface area contributed by atoms with E-state index in [-0.39, 0.29) is 11.7 Å². The number of carbonyl (C=O) groups is 1. The number of aromatic nitrogens is 3. The zero-order valence-electron chi connectivity index (χ0n) is 17.9. The van der Waals surface area contributed by atoms with Crippen LogP contribution in [0.1, 0.15) is 25.1 Å². The fourth-order valence-corrected chi connectivity index (χ4v) is 4.71. The van der Waals surface area contributed by atoms with Crippen LogP contribution in [0.2, 0.25) is 0 Å². The summed E-state index contributed by atoms with van der Waals surface area (Å²) in [4.78, 5) is 21.5. The van der Waals surface area contributed by atoms with Crippen molar-refractivity contribution in [3.63, 3.8) is 0 Å². The summed E-state index contributed by atoms with van der Waals surface area (Å²) < 4.78 is 16.0. The van der Waals surface area contributed by atoms with Gasteiger partial charge in [-0.1, -0.05) is 0 Å². The van der Waals surface area contributed by atoms with Crippen molar-refractivity contribution in [3.05, 3.63) is 47.7 Å². The number of fused-ring (bicyclic) bond motifs is 2. The van der Waals surface area contributed by atoms with Crippen LogP contribution in [-0.4, -0.2) is 52.3 Å². The molecule has 0 radical (unpaired) electrons. The summed E-state index contributed by atoms with van der Waals surface area (Å²) in [6.07, 6.45) is 3.75. The molecule has 2 atom stereocenters. The summed E-state index contributed by atoms with van der Waals surface area (Å²) in [6, 6.07) is 5.85. The molecule has 5 heterocycles. The van der Waals surface area contributed by atoms with Gasteiger partial charge in [0, 0.05) is 49.2 Å². The highest BCUT2D eigenvalue weighted by molar-refractivity contribution is 6.03. The first-order valence-electron chi connectivity index (χ1n) is 10.6. The summed E-state index contributed by atoms with van der Waals surface area (Å²) in [5.74, 6) is 0.115. The number of hydrogen-bond donors (Lipinski definition) is 2. The van der Waals surface area contributed by atoms with Crippen LogP contribution in [0.25, 0.3) is 5.52 Å². The normalized spacial score (nSPS) is 20.9. The van der Waals surface area contributed by atoms with Crippen molar-refractivity contribution in [1.29, 1.82) is 0 Å². The van der Waals surface area contributed by atoms with Gasteiger partial charge in [0.1, 0.15) is 5.82 Å². The zero-order chi connectivity index (χ0) is 21.7. The van der Waals surface area contributed by atoms with Gasteiger partial charge in [0.25, 0.3) is 0 Å². The van der Waals surface area contributed by atoms with Crippen molar-refractivity contribution in [2.75, 3.05) is 34.8 Å². The topological polar surface area (TPSA) is 77.8 Å². The Hall–Kier alpha value is -3.20. The van der Waals surface area contributed by atoms with Gasteiger partial charge in [0.2, 0.25) is 0 Å². The molecule has 0 bridgehead atoms. The molecule has 1 saturated heterocycles. The van der Waals surface area contributed by atoms with E-state index in [0.717, 1.165) is 42.0 Å². The van der Waals surface area contributed by atoms with Gasteiger partial charge in [0.15, 0.2) is 5.82 Å². The number of hydrogen-bond acceptors (Lipinski definition) is 5. The number of pyridine rings is 2. The molecule has 2 amide bonds. The number of carbonyl (C=O) groups excluding carboxylic acids is 1. The minimum Gasteiger partial charge on any atom is -0.368 e. The van der Waals surface area contributed by atoms with Gasteiger partial charge >= 0.3 is 6.03 Å². The molecule has 0 spiro atoms. The minimum absolute atomic E-state index is 0.131. The maximum atomic E-state index is 14.5. The maximum absolute atomic E-state index is 14.5. The van der Waals surface area contributed by atoms with Gasteiger partial charge in [-0.3, -0.25) is 4.90 Å². The lowest BCUT2D eigenvalue weighted by molar-refractivity contribution is 0.257. The Bertz CT molecular complexity index is 1150. The first-order chi connectivity index (χ1) is 14.9. The number of urea groups is 1. The van der Waals surface area contributed by atoms with E-state index in [4.69, 9.17) is 0 Å². The average Bonchev–Trinajstić information content (AvgIpc) is 3.29. The number of nitrogens with one attached hydrogen (secondary N) is 2. The van der Waals surface area contributed by atoms with Crippen LogP contribution in [0.15, 0.2) is 30.6 Å². The zero-order valence-corrected chi connectivity index (χ0v) is 17.9. The van der Waals surface area contributed by atoms with E-state index in [1.807, 2.05) is 19.1 Å². The molecule has 162 valence electrons. The summed E-state index contributed by atoms with van der Waals surface area (Å²) in [5.41, 5.74) is 3.83. The highest BCUT2D eigenvalue weighted by atomic mass is 19.1. The molecular formula is C22H26FN7O. The van der Waals surface area contributed by atoms with Crippen LogP contribution in [0.4, 0.5) is 26.4 Å². The summed E-state index contributed by atoms with van der Waals surface area (Å²) in [6.45, 7) is 8.52. The smallest absolute Gasteiger partial charge is 0.327 e. The number of rotatable bonds is 2. The van der Waals surface area contributed by atoms with E-state index in [0.29, 0.717) is 24.4 Å². The van der Waals surface area contributed by atoms with E-state index in [1.165, 1.54) is 10.7 Å². The molecule has 2 N–H and O–H groups in total. The second-order valence-electron chi connectivity index (χ2n) is 8.53. The van der Waals surface area contributed by atoms with E-state index < -0.39 is 5.82 Å². The summed E-state index contributed by atoms with van der Waals surface area (Å²) in [7, 11) is 0. The highest BCUT2D eigenvalue weighted by Gasteiger charge is 2.31. The molecule has 8 nitrogen and oxygen atoms in total. The third-order valence-electron chi connectivity index (χ3n) is 5.91. The Morgan fingerprint density at radius 2 is 2.03 bits per heavy atom. The lowest BCUT2D eigenvalue weighted by Crippen LogP contribution is -2.54. The van der Waals surface area contributed by atoms with Crippen molar-refractivity contribution >= 4 is 28.7 Å². The Kier molecular flexibility index (Phi) is 4.77. The summed E-state index contributed by atoms with van der Waals surface area (Å²) in [5, 5.41) is 10.5. The number of piperazine rings is 1. The quantitative estimate of drug-likeness (QED) is 0.663. The molecular weight excluding hydrogens is 397 g/mol. The van der Waals surface area contributed by atoms with Crippen molar-refractivity contribution in [1.82, 2.24) is 19.9 Å². The molecule has 2 aliphatic heterocycles. The molecule has 0 saturated carbocycles. The average molecular weight is 423 g/mol. The van der Waals surface area contributed by atoms with E-state index in [9.17, 15) is 9.18 Å². The Balaban J connectivity index is 1.40. The molecule has 3 aromatic rings. The van der Waals surface area contributed by atoms with E-state index in [1.54, 1.807) is 17.2 Å². The number of amides is 2. The summed E-state index contributed by atoms with van der Waals surface area (Å²) >= 11 is 0. The van der Waals surface area contributed by atoms with Crippen LogP contribution in [0.5, 0.6) is 0 Å². The molecule has 3 aromatic heterocycles. The van der Waals surface area contributed by atoms with Gasteiger partial charge in [-0.2, -0.15) is 5.10 Å². The monoisotopic (exact) mass is 423 g/mol. The largest absolute Gasteiger partial charge is 0.368 e. The van der Waals surface area contributed by atoms with Crippen molar-refractivity contribution < 1.29 is 9.18 Å². The Morgan fingerprint density at radius 3 is 2.81 bits per heavy atom. The lowest BCUT2D eigenvalue weighted by Gasteiger charge is -2.38. The van der Waals surface area contributed by atoms with Gasteiger partial charge in [-0.25, -0.2) is 18.7 Å². The number of halogens is 1. The molecule has 5 rings (SSSR count). The van der Waals surface area contributed by atoms with Crippen LogP contribution in [0, 0.1) is 12.7 Å². The SMILES string of the molecule is Cc1cc2cc(NC(=O)N3CCc4c(N5C[C@@H](C)N[C@@H](C)C5)ccnc43)c(F)cn2n1. The van der Waals surface area contributed by atoms with E-state index in [2.05, 4.69) is 39.5 Å². The van der Waals surface area contributed by atoms with Crippen molar-refractivity contribution in [2.45, 2.75) is 39.3 Å². The standard InChI is InChI=1S/C22H26FN7O/c1-13-8-16-9-19(18(23)12-30(16)27-13)26-22(31)29-7-5-17-20(4-6-24-21(17)29)28-10-14(2)25-15(3)11-28/h4,6,8-9,12,14-15,25H,5,7,10-11H2,1-3H3,(H,26,31)/t14-,15+. The Labute approximate surface area is 180 Å². The predicted molar refractivity (Wildman–Crippen MR) is 118 cm³/mol. The Morgan fingerprint density at radius 1 is 1.26 bits per heavy atom. The van der Waals surface area contributed by atoms with Crippen LogP contribution < -0.4 is 20.4 Å². The van der Waals surface area contributed by atoms with Gasteiger partial charge < -0.3 is 15.5 Å². The van der Waals surface area contributed by atoms with Gasteiger partial charge in [-0.05, 0) is 45.4 Å². The maximum Gasteiger partial charge on any atom is 0.327 e. The fourth-order valence-electron chi connectivity index (χ4n) is 4.71. The lowest BCUT2D eigenvalue weighted by atomic mass is 10.1. The molecule has 0 unspecified atom stereocenters. The highest BCUT2D eigenvalue weighted by Crippen LogP contribution is 2.35. The number of nitrogens with zero attached hydrogens (tertiary/aromatic N) is 5. The second kappa shape index (κ2) is 7.49. The molecule has 0 aromatic carbocycles. The fraction of sp³-hybridized carbons (Fsp3) is 0.409. The van der Waals surface area contributed by atoms with Gasteiger partial charge in [-0.15, -0.1) is 0 Å². The number of aryl methyl sites for hydroxylation is 1. The first-order valence-corrected chi connectivity index (χ1v) is 10.6. The molecule has 31 heavy (non-hydrogen) atoms. The third-order valence-corrected chi connectivity index (χ3v) is 5.91. The predicted octanol–water partition coefficient (Wildman–Crippen LogP) is 2.96. The molecule has 0 aliphatic carbocycles. The molecule has 1 fully saturated rings. The van der Waals surface area contributed by atoms with Crippen LogP contribution >= 0.6 is 0 Å². The van der Waals surface area contributed by atoms with Gasteiger partial charge in [0.05, 0.1) is 23.1 Å². The number of anilines is 3. The first kappa shape index (κ1) is 19.7. The minimum atomic E-state index is -0.533.